The molecule has 1 aliphatic rings. The smallest absolute Gasteiger partial charge is 0.338 e. The minimum atomic E-state index is -0.762. The summed E-state index contributed by atoms with van der Waals surface area (Å²) >= 11 is 1.34. The molecule has 0 unspecified atom stereocenters. The van der Waals surface area contributed by atoms with Crippen molar-refractivity contribution in [1.82, 2.24) is 30.2 Å². The number of nitrogens with zero attached hydrogens (tertiary/aromatic N) is 4. The van der Waals surface area contributed by atoms with Crippen LogP contribution in [0.5, 0.6) is 0 Å². The fraction of sp³-hybridized carbons (Fsp3) is 0.227. The predicted molar refractivity (Wildman–Crippen MR) is 121 cm³/mol. The number of ether oxygens (including phenoxy) is 1. The highest BCUT2D eigenvalue weighted by Crippen LogP contribution is 2.31. The number of carbonyl (C=O) groups excluding carboxylic acids is 2. The molecule has 4 aromatic rings. The SMILES string of the molecule is CCOC(=O)C1=C(CSc2nc3ccccc3c3nc(C)nn23)NC(=O)N[C@H]1c1ccco1. The van der Waals surface area contributed by atoms with Gasteiger partial charge in [0.15, 0.2) is 10.8 Å². The molecule has 0 saturated heterocycles. The number of para-hydroxylation sites is 1. The summed E-state index contributed by atoms with van der Waals surface area (Å²) in [5.74, 6) is 0.774. The predicted octanol–water partition coefficient (Wildman–Crippen LogP) is 3.14. The molecule has 1 aromatic carbocycles. The van der Waals surface area contributed by atoms with Gasteiger partial charge < -0.3 is 19.8 Å². The van der Waals surface area contributed by atoms with Crippen LogP contribution in [0.1, 0.15) is 24.6 Å². The molecule has 0 aliphatic carbocycles. The molecule has 10 nitrogen and oxygen atoms in total. The topological polar surface area (TPSA) is 124 Å². The van der Waals surface area contributed by atoms with Crippen molar-refractivity contribution in [1.29, 1.82) is 0 Å². The minimum absolute atomic E-state index is 0.201. The van der Waals surface area contributed by atoms with Crippen LogP contribution in [0.25, 0.3) is 16.6 Å². The lowest BCUT2D eigenvalue weighted by Gasteiger charge is -2.27. The van der Waals surface area contributed by atoms with E-state index in [4.69, 9.17) is 14.1 Å². The first-order valence-corrected chi connectivity index (χ1v) is 11.3. The maximum Gasteiger partial charge on any atom is 0.338 e. The second-order valence-corrected chi connectivity index (χ2v) is 8.20. The standard InChI is InChI=1S/C22H20N6O4S/c1-3-31-20(29)17-15(24-21(30)26-18(17)16-9-6-10-32-16)11-33-22-25-14-8-5-4-7-13(14)19-23-12(2)27-28(19)22/h4-10,18H,3,11H2,1-2H3,(H2,24,26,30)/t18-/m0/s1. The van der Waals surface area contributed by atoms with Gasteiger partial charge in [0.05, 0.1) is 24.0 Å². The van der Waals surface area contributed by atoms with Crippen molar-refractivity contribution in [2.45, 2.75) is 25.0 Å². The van der Waals surface area contributed by atoms with Gasteiger partial charge in [-0.25, -0.2) is 19.6 Å². The molecule has 2 N–H and O–H groups in total. The molecular formula is C22H20N6O4S. The van der Waals surface area contributed by atoms with Gasteiger partial charge in [0, 0.05) is 16.8 Å². The van der Waals surface area contributed by atoms with Crippen LogP contribution in [0.15, 0.2) is 63.5 Å². The van der Waals surface area contributed by atoms with Crippen molar-refractivity contribution in [3.05, 3.63) is 65.5 Å². The summed E-state index contributed by atoms with van der Waals surface area (Å²) in [6.07, 6.45) is 1.49. The Morgan fingerprint density at radius 2 is 2.09 bits per heavy atom. The number of urea groups is 1. The minimum Gasteiger partial charge on any atom is -0.467 e. The van der Waals surface area contributed by atoms with Gasteiger partial charge in [0.25, 0.3) is 0 Å². The molecule has 0 fully saturated rings. The maximum absolute atomic E-state index is 12.9. The number of benzene rings is 1. The van der Waals surface area contributed by atoms with Crippen molar-refractivity contribution in [3.8, 4) is 0 Å². The highest BCUT2D eigenvalue weighted by atomic mass is 32.2. The van der Waals surface area contributed by atoms with Crippen LogP contribution in [0.3, 0.4) is 0 Å². The second-order valence-electron chi connectivity index (χ2n) is 7.25. The zero-order valence-corrected chi connectivity index (χ0v) is 18.7. The number of rotatable bonds is 6. The van der Waals surface area contributed by atoms with E-state index < -0.39 is 18.0 Å². The Morgan fingerprint density at radius 3 is 2.88 bits per heavy atom. The molecular weight excluding hydrogens is 444 g/mol. The summed E-state index contributed by atoms with van der Waals surface area (Å²) < 4.78 is 12.4. The van der Waals surface area contributed by atoms with Gasteiger partial charge in [-0.15, -0.1) is 5.10 Å². The van der Waals surface area contributed by atoms with Crippen molar-refractivity contribution < 1.29 is 18.7 Å². The largest absolute Gasteiger partial charge is 0.467 e. The zero-order valence-electron chi connectivity index (χ0n) is 17.9. The maximum atomic E-state index is 12.9. The molecule has 0 spiro atoms. The highest BCUT2D eigenvalue weighted by Gasteiger charge is 2.35. The molecule has 1 aliphatic heterocycles. The normalized spacial score (nSPS) is 16.2. The van der Waals surface area contributed by atoms with Crippen LogP contribution in [-0.4, -0.2) is 43.9 Å². The first-order chi connectivity index (χ1) is 16.0. The molecule has 3 aromatic heterocycles. The molecule has 0 radical (unpaired) electrons. The van der Waals surface area contributed by atoms with Crippen molar-refractivity contribution in [2.75, 3.05) is 12.4 Å². The number of amides is 2. The number of hydrogen-bond acceptors (Lipinski definition) is 8. The van der Waals surface area contributed by atoms with Gasteiger partial charge in [0.2, 0.25) is 0 Å². The Kier molecular flexibility index (Phi) is 5.47. The van der Waals surface area contributed by atoms with Crippen molar-refractivity contribution in [2.24, 2.45) is 0 Å². The Balaban J connectivity index is 1.56. The molecule has 1 atom stereocenters. The van der Waals surface area contributed by atoms with Crippen molar-refractivity contribution in [3.63, 3.8) is 0 Å². The summed E-state index contributed by atoms with van der Waals surface area (Å²) in [5.41, 5.74) is 2.18. The summed E-state index contributed by atoms with van der Waals surface area (Å²) in [5, 5.41) is 11.4. The molecule has 11 heteroatoms. The highest BCUT2D eigenvalue weighted by molar-refractivity contribution is 7.99. The molecule has 5 rings (SSSR count). The van der Waals surface area contributed by atoms with Gasteiger partial charge in [-0.05, 0) is 38.1 Å². The first-order valence-electron chi connectivity index (χ1n) is 10.3. The van der Waals surface area contributed by atoms with Crippen molar-refractivity contribution >= 4 is 40.3 Å². The lowest BCUT2D eigenvalue weighted by atomic mass is 10.0. The van der Waals surface area contributed by atoms with Gasteiger partial charge in [-0.1, -0.05) is 23.9 Å². The molecule has 2 amide bonds. The quantitative estimate of drug-likeness (QED) is 0.253. The number of furan rings is 1. The monoisotopic (exact) mass is 464 g/mol. The van der Waals surface area contributed by atoms with Crippen LogP contribution < -0.4 is 10.6 Å². The molecule has 168 valence electrons. The number of hydrogen-bond donors (Lipinski definition) is 2. The third kappa shape index (κ3) is 3.91. The zero-order chi connectivity index (χ0) is 22.9. The average Bonchev–Trinajstić information content (AvgIpc) is 3.47. The molecule has 4 heterocycles. The van der Waals surface area contributed by atoms with Gasteiger partial charge in [-0.3, -0.25) is 0 Å². The number of aromatic nitrogens is 4. The van der Waals surface area contributed by atoms with E-state index in [1.807, 2.05) is 31.2 Å². The Hall–Kier alpha value is -3.86. The third-order valence-corrected chi connectivity index (χ3v) is 6.03. The number of nitrogens with one attached hydrogen (secondary N) is 2. The Labute approximate surface area is 192 Å². The van der Waals surface area contributed by atoms with Crippen LogP contribution in [-0.2, 0) is 9.53 Å². The van der Waals surface area contributed by atoms with E-state index in [0.717, 1.165) is 10.9 Å². The number of thioether (sulfide) groups is 1. The van der Waals surface area contributed by atoms with Gasteiger partial charge in [-0.2, -0.15) is 4.52 Å². The second kappa shape index (κ2) is 8.58. The van der Waals surface area contributed by atoms with E-state index in [1.54, 1.807) is 23.6 Å². The molecule has 0 bridgehead atoms. The number of carbonyl (C=O) groups is 2. The first kappa shape index (κ1) is 21.0. The van der Waals surface area contributed by atoms with E-state index in [9.17, 15) is 9.59 Å². The van der Waals surface area contributed by atoms with Crippen LogP contribution in [0.2, 0.25) is 0 Å². The van der Waals surface area contributed by atoms with Crippen LogP contribution in [0, 0.1) is 6.92 Å². The number of aryl methyl sites for hydroxylation is 1. The summed E-state index contributed by atoms with van der Waals surface area (Å²) in [7, 11) is 0. The number of fused-ring (bicyclic) bond motifs is 3. The van der Waals surface area contributed by atoms with E-state index in [0.29, 0.717) is 28.1 Å². The van der Waals surface area contributed by atoms with E-state index in [2.05, 4.69) is 20.7 Å². The van der Waals surface area contributed by atoms with Crippen LogP contribution in [0.4, 0.5) is 4.79 Å². The van der Waals surface area contributed by atoms with Gasteiger partial charge in [0.1, 0.15) is 17.6 Å². The van der Waals surface area contributed by atoms with E-state index in [1.165, 1.54) is 18.0 Å². The van der Waals surface area contributed by atoms with Gasteiger partial charge >= 0.3 is 12.0 Å². The Morgan fingerprint density at radius 1 is 1.24 bits per heavy atom. The average molecular weight is 465 g/mol. The summed E-state index contributed by atoms with van der Waals surface area (Å²) in [6.45, 7) is 3.75. The van der Waals surface area contributed by atoms with Crippen LogP contribution >= 0.6 is 11.8 Å². The fourth-order valence-electron chi connectivity index (χ4n) is 3.71. The fourth-order valence-corrected chi connectivity index (χ4v) is 4.63. The lowest BCUT2D eigenvalue weighted by molar-refractivity contribution is -0.139. The summed E-state index contributed by atoms with van der Waals surface area (Å²) in [6, 6.07) is 9.89. The Bertz CT molecular complexity index is 1390. The molecule has 33 heavy (non-hydrogen) atoms. The van der Waals surface area contributed by atoms with E-state index >= 15 is 0 Å². The molecule has 0 saturated carbocycles. The third-order valence-electron chi connectivity index (χ3n) is 5.08. The van der Waals surface area contributed by atoms with E-state index in [-0.39, 0.29) is 17.9 Å². The summed E-state index contributed by atoms with van der Waals surface area (Å²) in [4.78, 5) is 34.5. The lowest BCUT2D eigenvalue weighted by Crippen LogP contribution is -2.46. The number of esters is 1.